The molecule has 2 amide bonds. The standard InChI is InChI=1S/C17H26N4O5.CH2O2/c1-24-10-14-20-15(26-21-14)9-18-16(22)11-4-6-12(7-5-11)19-17(23)13-3-2-8-25-13;2-1-3/h11-13H,2-10H2,1H3,(H,18,22)(H,19,23);1H,(H,2,3)/t11?,12?,13-;/m1./s1. The van der Waals surface area contributed by atoms with Crippen LogP contribution in [-0.4, -0.2) is 59.4 Å². The topological polar surface area (TPSA) is 153 Å². The quantitative estimate of drug-likeness (QED) is 0.540. The number of rotatable bonds is 7. The minimum absolute atomic E-state index is 0.0135. The Morgan fingerprint density at radius 3 is 2.59 bits per heavy atom. The van der Waals surface area contributed by atoms with Gasteiger partial charge in [0.25, 0.3) is 6.47 Å². The van der Waals surface area contributed by atoms with Gasteiger partial charge in [-0.3, -0.25) is 14.4 Å². The van der Waals surface area contributed by atoms with E-state index in [9.17, 15) is 9.59 Å². The van der Waals surface area contributed by atoms with Crippen LogP contribution in [0.25, 0.3) is 0 Å². The number of carboxylic acid groups (broad SMARTS) is 1. The Kier molecular flexibility index (Phi) is 9.51. The molecule has 1 atom stereocenters. The van der Waals surface area contributed by atoms with Crippen LogP contribution in [0.3, 0.4) is 0 Å². The normalized spacial score (nSPS) is 23.6. The van der Waals surface area contributed by atoms with Gasteiger partial charge in [-0.15, -0.1) is 0 Å². The molecule has 0 bridgehead atoms. The number of nitrogens with zero attached hydrogens (tertiary/aromatic N) is 2. The molecule has 0 aromatic carbocycles. The van der Waals surface area contributed by atoms with Crippen molar-refractivity contribution in [2.24, 2.45) is 5.92 Å². The number of amides is 2. The molecule has 0 spiro atoms. The molecule has 1 saturated carbocycles. The van der Waals surface area contributed by atoms with E-state index in [-0.39, 0.29) is 49.5 Å². The van der Waals surface area contributed by atoms with Crippen LogP contribution in [-0.2, 0) is 37.0 Å². The first kappa shape index (κ1) is 22.8. The number of methoxy groups -OCH3 is 1. The summed E-state index contributed by atoms with van der Waals surface area (Å²) in [6.07, 6.45) is 4.55. The minimum Gasteiger partial charge on any atom is -0.483 e. The van der Waals surface area contributed by atoms with Gasteiger partial charge in [-0.2, -0.15) is 4.98 Å². The van der Waals surface area contributed by atoms with Crippen LogP contribution < -0.4 is 10.6 Å². The number of carbonyl (C=O) groups is 3. The van der Waals surface area contributed by atoms with E-state index in [2.05, 4.69) is 20.8 Å². The maximum Gasteiger partial charge on any atom is 0.290 e. The first-order valence-electron chi connectivity index (χ1n) is 9.65. The average molecular weight is 412 g/mol. The van der Waals surface area contributed by atoms with Crippen molar-refractivity contribution in [1.29, 1.82) is 0 Å². The van der Waals surface area contributed by atoms with E-state index in [4.69, 9.17) is 23.9 Å². The highest BCUT2D eigenvalue weighted by Crippen LogP contribution is 2.25. The average Bonchev–Trinajstić information content (AvgIpc) is 3.40. The molecule has 1 saturated heterocycles. The second-order valence-corrected chi connectivity index (χ2v) is 6.92. The van der Waals surface area contributed by atoms with Gasteiger partial charge >= 0.3 is 0 Å². The van der Waals surface area contributed by atoms with E-state index in [1.165, 1.54) is 0 Å². The van der Waals surface area contributed by atoms with Crippen molar-refractivity contribution in [3.05, 3.63) is 11.7 Å². The van der Waals surface area contributed by atoms with E-state index >= 15 is 0 Å². The Labute approximate surface area is 168 Å². The van der Waals surface area contributed by atoms with Gasteiger partial charge < -0.3 is 29.7 Å². The summed E-state index contributed by atoms with van der Waals surface area (Å²) in [7, 11) is 1.55. The molecule has 1 aromatic heterocycles. The fourth-order valence-electron chi connectivity index (χ4n) is 3.44. The van der Waals surface area contributed by atoms with Gasteiger partial charge in [-0.05, 0) is 38.5 Å². The third-order valence-electron chi connectivity index (χ3n) is 4.86. The summed E-state index contributed by atoms with van der Waals surface area (Å²) in [6, 6.07) is 0.128. The SMILES string of the molecule is COCc1noc(CNC(=O)C2CCC(NC(=O)[C@H]3CCCO3)CC2)n1.O=CO. The number of nitrogens with one attached hydrogen (secondary N) is 2. The van der Waals surface area contributed by atoms with Crippen molar-refractivity contribution < 1.29 is 33.5 Å². The Hall–Kier alpha value is -2.53. The van der Waals surface area contributed by atoms with Crippen LogP contribution in [0.15, 0.2) is 4.52 Å². The van der Waals surface area contributed by atoms with Crippen molar-refractivity contribution in [1.82, 2.24) is 20.8 Å². The highest BCUT2D eigenvalue weighted by atomic mass is 16.5. The maximum absolute atomic E-state index is 12.3. The summed E-state index contributed by atoms with van der Waals surface area (Å²) in [4.78, 5) is 36.9. The summed E-state index contributed by atoms with van der Waals surface area (Å²) in [5.41, 5.74) is 0. The fourth-order valence-corrected chi connectivity index (χ4v) is 3.44. The Morgan fingerprint density at radius 2 is 1.97 bits per heavy atom. The van der Waals surface area contributed by atoms with Crippen molar-refractivity contribution >= 4 is 18.3 Å². The highest BCUT2D eigenvalue weighted by Gasteiger charge is 2.30. The molecule has 0 radical (unpaired) electrons. The number of aromatic nitrogens is 2. The first-order chi connectivity index (χ1) is 14.1. The molecule has 1 aromatic rings. The number of hydrogen-bond acceptors (Lipinski definition) is 8. The molecule has 3 rings (SSSR count). The molecule has 11 heteroatoms. The van der Waals surface area contributed by atoms with Gasteiger partial charge in [0.1, 0.15) is 12.7 Å². The second-order valence-electron chi connectivity index (χ2n) is 6.92. The number of hydrogen-bond donors (Lipinski definition) is 3. The summed E-state index contributed by atoms with van der Waals surface area (Å²) in [5, 5.41) is 16.5. The molecule has 2 aliphatic rings. The molecule has 2 fully saturated rings. The first-order valence-corrected chi connectivity index (χ1v) is 9.65. The van der Waals surface area contributed by atoms with Crippen molar-refractivity contribution in [3.8, 4) is 0 Å². The van der Waals surface area contributed by atoms with Crippen molar-refractivity contribution in [2.45, 2.75) is 63.8 Å². The maximum atomic E-state index is 12.3. The zero-order valence-corrected chi connectivity index (χ0v) is 16.5. The van der Waals surface area contributed by atoms with Crippen LogP contribution >= 0.6 is 0 Å². The van der Waals surface area contributed by atoms with E-state index in [1.807, 2.05) is 0 Å². The van der Waals surface area contributed by atoms with Gasteiger partial charge in [0.2, 0.25) is 17.7 Å². The summed E-state index contributed by atoms with van der Waals surface area (Å²) in [5.74, 6) is 0.744. The van der Waals surface area contributed by atoms with Gasteiger partial charge in [0.05, 0.1) is 6.54 Å². The molecule has 2 heterocycles. The fraction of sp³-hybridized carbons (Fsp3) is 0.722. The molecular weight excluding hydrogens is 384 g/mol. The Morgan fingerprint density at radius 1 is 1.24 bits per heavy atom. The van der Waals surface area contributed by atoms with E-state index < -0.39 is 0 Å². The van der Waals surface area contributed by atoms with Gasteiger partial charge in [-0.25, -0.2) is 0 Å². The number of carbonyl (C=O) groups excluding carboxylic acids is 2. The lowest BCUT2D eigenvalue weighted by Crippen LogP contribution is -2.44. The lowest BCUT2D eigenvalue weighted by molar-refractivity contribution is -0.131. The van der Waals surface area contributed by atoms with Crippen molar-refractivity contribution in [3.63, 3.8) is 0 Å². The Balaban J connectivity index is 0.000000941. The van der Waals surface area contributed by atoms with Gasteiger partial charge in [0, 0.05) is 25.7 Å². The summed E-state index contributed by atoms with van der Waals surface area (Å²) < 4.78 is 15.4. The van der Waals surface area contributed by atoms with Gasteiger partial charge in [0.15, 0.2) is 5.82 Å². The smallest absolute Gasteiger partial charge is 0.290 e. The third-order valence-corrected chi connectivity index (χ3v) is 4.86. The lowest BCUT2D eigenvalue weighted by Gasteiger charge is -2.29. The molecular formula is C18H28N4O7. The predicted octanol–water partition coefficient (Wildman–Crippen LogP) is 0.387. The van der Waals surface area contributed by atoms with E-state index in [1.54, 1.807) is 7.11 Å². The molecule has 29 heavy (non-hydrogen) atoms. The molecule has 1 aliphatic heterocycles. The zero-order valence-electron chi connectivity index (χ0n) is 16.5. The van der Waals surface area contributed by atoms with Crippen LogP contribution in [0.2, 0.25) is 0 Å². The molecule has 162 valence electrons. The highest BCUT2D eigenvalue weighted by molar-refractivity contribution is 5.81. The van der Waals surface area contributed by atoms with Gasteiger partial charge in [-0.1, -0.05) is 5.16 Å². The molecule has 11 nitrogen and oxygen atoms in total. The van der Waals surface area contributed by atoms with Crippen LogP contribution in [0.1, 0.15) is 50.2 Å². The largest absolute Gasteiger partial charge is 0.483 e. The van der Waals surface area contributed by atoms with Crippen molar-refractivity contribution in [2.75, 3.05) is 13.7 Å². The predicted molar refractivity (Wildman–Crippen MR) is 98.4 cm³/mol. The molecule has 0 unspecified atom stereocenters. The lowest BCUT2D eigenvalue weighted by atomic mass is 9.85. The monoisotopic (exact) mass is 412 g/mol. The third kappa shape index (κ3) is 7.42. The number of ether oxygens (including phenoxy) is 2. The zero-order chi connectivity index (χ0) is 21.1. The second kappa shape index (κ2) is 12.1. The summed E-state index contributed by atoms with van der Waals surface area (Å²) >= 11 is 0. The molecule has 3 N–H and O–H groups in total. The van der Waals surface area contributed by atoms with E-state index in [0.29, 0.717) is 18.3 Å². The van der Waals surface area contributed by atoms with Crippen LogP contribution in [0, 0.1) is 5.92 Å². The molecule has 1 aliphatic carbocycles. The minimum atomic E-state index is -0.298. The van der Waals surface area contributed by atoms with Crippen LogP contribution in [0.4, 0.5) is 0 Å². The summed E-state index contributed by atoms with van der Waals surface area (Å²) in [6.45, 7) is 0.905. The van der Waals surface area contributed by atoms with Crippen LogP contribution in [0.5, 0.6) is 0 Å². The van der Waals surface area contributed by atoms with E-state index in [0.717, 1.165) is 38.5 Å². The Bertz CT molecular complexity index is 652.